The SMILES string of the molecule is CO[C@@]12C[C@]3(C)O[C@H]4O[C@]3(O)C[C@@H]1[C@H]4CO2. The van der Waals surface area contributed by atoms with E-state index in [0.717, 1.165) is 0 Å². The normalized spacial score (nSPS) is 66.6. The summed E-state index contributed by atoms with van der Waals surface area (Å²) in [4.78, 5) is 0. The molecule has 90 valence electrons. The van der Waals surface area contributed by atoms with E-state index in [-0.39, 0.29) is 18.1 Å². The van der Waals surface area contributed by atoms with Crippen molar-refractivity contribution in [3.63, 3.8) is 0 Å². The first-order valence-electron chi connectivity index (χ1n) is 5.79. The molecule has 1 saturated carbocycles. The average molecular weight is 228 g/mol. The van der Waals surface area contributed by atoms with Gasteiger partial charge in [0.15, 0.2) is 17.9 Å². The zero-order valence-electron chi connectivity index (χ0n) is 9.43. The quantitative estimate of drug-likeness (QED) is 0.695. The number of ether oxygens (including phenoxy) is 4. The van der Waals surface area contributed by atoms with Gasteiger partial charge in [0, 0.05) is 31.8 Å². The second-order valence-electron chi connectivity index (χ2n) is 5.60. The molecule has 4 aliphatic rings. The van der Waals surface area contributed by atoms with Crippen LogP contribution >= 0.6 is 0 Å². The third-order valence-electron chi connectivity index (χ3n) is 4.89. The summed E-state index contributed by atoms with van der Waals surface area (Å²) in [5.74, 6) is -1.37. The number of rotatable bonds is 1. The van der Waals surface area contributed by atoms with Crippen molar-refractivity contribution in [3.05, 3.63) is 0 Å². The Labute approximate surface area is 93.6 Å². The summed E-state index contributed by atoms with van der Waals surface area (Å²) >= 11 is 0. The van der Waals surface area contributed by atoms with Crippen LogP contribution in [0.5, 0.6) is 0 Å². The highest BCUT2D eigenvalue weighted by Crippen LogP contribution is 2.64. The van der Waals surface area contributed by atoms with Crippen LogP contribution in [0, 0.1) is 11.8 Å². The van der Waals surface area contributed by atoms with Crippen molar-refractivity contribution >= 4 is 0 Å². The lowest BCUT2D eigenvalue weighted by molar-refractivity contribution is -0.327. The van der Waals surface area contributed by atoms with E-state index < -0.39 is 17.2 Å². The predicted molar refractivity (Wildman–Crippen MR) is 51.2 cm³/mol. The van der Waals surface area contributed by atoms with Crippen LogP contribution in [0.1, 0.15) is 19.8 Å². The monoisotopic (exact) mass is 228 g/mol. The first-order chi connectivity index (χ1) is 7.52. The molecule has 3 heterocycles. The van der Waals surface area contributed by atoms with Crippen LogP contribution in [-0.2, 0) is 18.9 Å². The summed E-state index contributed by atoms with van der Waals surface area (Å²) in [6, 6.07) is 0. The summed E-state index contributed by atoms with van der Waals surface area (Å²) < 4.78 is 23.0. The fourth-order valence-electron chi connectivity index (χ4n) is 3.90. The van der Waals surface area contributed by atoms with Crippen LogP contribution in [0.4, 0.5) is 0 Å². The molecule has 0 aromatic rings. The minimum Gasteiger partial charge on any atom is -0.363 e. The molecule has 0 amide bonds. The van der Waals surface area contributed by atoms with Gasteiger partial charge in [-0.15, -0.1) is 0 Å². The molecule has 3 bridgehead atoms. The highest BCUT2D eigenvalue weighted by atomic mass is 16.8. The van der Waals surface area contributed by atoms with E-state index in [0.29, 0.717) is 19.4 Å². The van der Waals surface area contributed by atoms with Gasteiger partial charge in [-0.1, -0.05) is 0 Å². The third kappa shape index (κ3) is 0.811. The first kappa shape index (κ1) is 9.79. The van der Waals surface area contributed by atoms with Crippen LogP contribution in [-0.4, -0.2) is 42.3 Å². The maximum Gasteiger partial charge on any atom is 0.198 e. The molecule has 5 heteroatoms. The number of methoxy groups -OCH3 is 1. The molecule has 3 aliphatic heterocycles. The molecule has 3 saturated heterocycles. The lowest BCUT2D eigenvalue weighted by Crippen LogP contribution is -2.63. The van der Waals surface area contributed by atoms with Crippen molar-refractivity contribution in [2.75, 3.05) is 13.7 Å². The molecule has 16 heavy (non-hydrogen) atoms. The maximum absolute atomic E-state index is 10.5. The van der Waals surface area contributed by atoms with E-state index in [9.17, 15) is 5.11 Å². The fourth-order valence-corrected chi connectivity index (χ4v) is 3.90. The Morgan fingerprint density at radius 2 is 2.19 bits per heavy atom. The average Bonchev–Trinajstić information content (AvgIpc) is 2.64. The highest BCUT2D eigenvalue weighted by Gasteiger charge is 2.76. The Balaban J connectivity index is 1.88. The van der Waals surface area contributed by atoms with Crippen molar-refractivity contribution in [2.24, 2.45) is 11.8 Å². The van der Waals surface area contributed by atoms with Gasteiger partial charge in [-0.3, -0.25) is 0 Å². The second-order valence-corrected chi connectivity index (χ2v) is 5.60. The van der Waals surface area contributed by atoms with E-state index in [4.69, 9.17) is 18.9 Å². The number of hydrogen-bond donors (Lipinski definition) is 1. The molecule has 1 aliphatic carbocycles. The second kappa shape index (κ2) is 2.47. The van der Waals surface area contributed by atoms with Crippen molar-refractivity contribution in [1.29, 1.82) is 0 Å². The predicted octanol–water partition coefficient (Wildman–Crippen LogP) is 0.219. The first-order valence-corrected chi connectivity index (χ1v) is 5.79. The molecule has 0 aromatic heterocycles. The number of fused-ring (bicyclic) bond motifs is 2. The Morgan fingerprint density at radius 1 is 1.38 bits per heavy atom. The summed E-state index contributed by atoms with van der Waals surface area (Å²) in [5.41, 5.74) is -0.709. The summed E-state index contributed by atoms with van der Waals surface area (Å²) in [5, 5.41) is 10.5. The van der Waals surface area contributed by atoms with Crippen molar-refractivity contribution < 1.29 is 24.1 Å². The van der Waals surface area contributed by atoms with E-state index >= 15 is 0 Å². The van der Waals surface area contributed by atoms with Crippen molar-refractivity contribution in [3.8, 4) is 0 Å². The lowest BCUT2D eigenvalue weighted by atomic mass is 9.68. The van der Waals surface area contributed by atoms with Gasteiger partial charge < -0.3 is 24.1 Å². The minimum atomic E-state index is -1.16. The Hall–Kier alpha value is -0.200. The molecule has 4 rings (SSSR count). The maximum atomic E-state index is 10.5. The minimum absolute atomic E-state index is 0.178. The van der Waals surface area contributed by atoms with Gasteiger partial charge >= 0.3 is 0 Å². The molecule has 5 nitrogen and oxygen atoms in total. The summed E-state index contributed by atoms with van der Waals surface area (Å²) in [6.07, 6.45) is 0.733. The van der Waals surface area contributed by atoms with Crippen LogP contribution in [0.15, 0.2) is 0 Å². The topological polar surface area (TPSA) is 57.2 Å². The van der Waals surface area contributed by atoms with E-state index in [1.807, 2.05) is 6.92 Å². The largest absolute Gasteiger partial charge is 0.363 e. The molecule has 0 aromatic carbocycles. The van der Waals surface area contributed by atoms with Gasteiger partial charge in [-0.25, -0.2) is 0 Å². The highest BCUT2D eigenvalue weighted by molar-refractivity contribution is 5.15. The van der Waals surface area contributed by atoms with Gasteiger partial charge in [0.1, 0.15) is 5.60 Å². The molecule has 6 atom stereocenters. The third-order valence-corrected chi connectivity index (χ3v) is 4.89. The lowest BCUT2D eigenvalue weighted by Gasteiger charge is -2.50. The molecule has 0 unspecified atom stereocenters. The zero-order chi connectivity index (χ0) is 11.2. The summed E-state index contributed by atoms with van der Waals surface area (Å²) in [7, 11) is 1.67. The molecular weight excluding hydrogens is 212 g/mol. The Bertz CT molecular complexity index is 360. The van der Waals surface area contributed by atoms with E-state index in [1.54, 1.807) is 7.11 Å². The van der Waals surface area contributed by atoms with Gasteiger partial charge in [0.2, 0.25) is 0 Å². The van der Waals surface area contributed by atoms with Gasteiger partial charge in [0.25, 0.3) is 0 Å². The molecule has 0 radical (unpaired) electrons. The molecule has 0 spiro atoms. The van der Waals surface area contributed by atoms with Crippen LogP contribution in [0.3, 0.4) is 0 Å². The smallest absolute Gasteiger partial charge is 0.198 e. The summed E-state index contributed by atoms with van der Waals surface area (Å²) in [6.45, 7) is 2.48. The fraction of sp³-hybridized carbons (Fsp3) is 1.00. The molecule has 4 fully saturated rings. The molecular formula is C11H16O5. The van der Waals surface area contributed by atoms with E-state index in [2.05, 4.69) is 0 Å². The van der Waals surface area contributed by atoms with E-state index in [1.165, 1.54) is 0 Å². The number of aliphatic hydroxyl groups is 1. The van der Waals surface area contributed by atoms with Crippen LogP contribution in [0.25, 0.3) is 0 Å². The standard InChI is InChI=1S/C11H16O5/c1-9-5-10(13-2)7-3-11(9,12)16-8(15-9)6(7)4-14-10/h6-8,12H,3-5H2,1-2H3/t6-,7-,8+,9+,10-,11-/m1/s1. The number of hydrogen-bond acceptors (Lipinski definition) is 5. The van der Waals surface area contributed by atoms with Crippen molar-refractivity contribution in [2.45, 2.75) is 43.2 Å². The van der Waals surface area contributed by atoms with Gasteiger partial charge in [0.05, 0.1) is 6.61 Å². The Morgan fingerprint density at radius 3 is 2.94 bits per heavy atom. The van der Waals surface area contributed by atoms with Crippen molar-refractivity contribution in [1.82, 2.24) is 0 Å². The van der Waals surface area contributed by atoms with Gasteiger partial charge in [-0.05, 0) is 6.92 Å². The van der Waals surface area contributed by atoms with Crippen LogP contribution in [0.2, 0.25) is 0 Å². The van der Waals surface area contributed by atoms with Crippen LogP contribution < -0.4 is 0 Å². The zero-order valence-corrected chi connectivity index (χ0v) is 9.43. The van der Waals surface area contributed by atoms with Gasteiger partial charge in [-0.2, -0.15) is 0 Å². The Kier molecular flexibility index (Phi) is 1.51. The molecule has 1 N–H and O–H groups in total.